The van der Waals surface area contributed by atoms with Crippen molar-refractivity contribution in [1.29, 1.82) is 0 Å². The normalized spacial score (nSPS) is 12.8. The number of H-pyrrole nitrogens is 1. The van der Waals surface area contributed by atoms with Crippen molar-refractivity contribution in [2.45, 2.75) is 6.61 Å². The minimum absolute atomic E-state index is 0.180. The molecule has 0 aliphatic heterocycles. The quantitative estimate of drug-likeness (QED) is 0.210. The molecule has 0 spiro atoms. The molecule has 0 unspecified atom stereocenters. The molecule has 0 amide bonds. The van der Waals surface area contributed by atoms with Crippen LogP contribution in [-0.2, 0) is 11.4 Å². The van der Waals surface area contributed by atoms with Gasteiger partial charge in [-0.15, -0.1) is 0 Å². The summed E-state index contributed by atoms with van der Waals surface area (Å²) in [5.74, 6) is 3.62. The molecular formula is C31H35N3O7. The Hall–Kier alpha value is -4.57. The van der Waals surface area contributed by atoms with Crippen LogP contribution in [0.2, 0.25) is 0 Å². The van der Waals surface area contributed by atoms with E-state index >= 15 is 0 Å². The van der Waals surface area contributed by atoms with E-state index < -0.39 is 0 Å². The SMILES string of the molecule is COc1cc2c(cc1OC)-c1[nH]c3ccc(OCCN(C)C)cc3c1C2=NOCc1cc(OC)c(OC)c(OC)c1. The largest absolute Gasteiger partial charge is 0.493 e. The van der Waals surface area contributed by atoms with Crippen LogP contribution in [0.25, 0.3) is 22.2 Å². The minimum Gasteiger partial charge on any atom is -0.493 e. The first-order chi connectivity index (χ1) is 19.9. The lowest BCUT2D eigenvalue weighted by Gasteiger charge is -2.14. The summed E-state index contributed by atoms with van der Waals surface area (Å²) in [6.45, 7) is 1.58. The number of hydrogen-bond acceptors (Lipinski definition) is 9. The van der Waals surface area contributed by atoms with Gasteiger partial charge in [0.15, 0.2) is 23.0 Å². The maximum absolute atomic E-state index is 6.04. The van der Waals surface area contributed by atoms with Crippen molar-refractivity contribution in [1.82, 2.24) is 9.88 Å². The number of nitrogens with zero attached hydrogens (tertiary/aromatic N) is 2. The molecule has 41 heavy (non-hydrogen) atoms. The topological polar surface area (TPSA) is 96.0 Å². The average molecular weight is 562 g/mol. The zero-order valence-corrected chi connectivity index (χ0v) is 24.4. The Kier molecular flexibility index (Phi) is 8.11. The lowest BCUT2D eigenvalue weighted by molar-refractivity contribution is 0.130. The molecule has 216 valence electrons. The molecule has 5 rings (SSSR count). The molecule has 1 aliphatic carbocycles. The van der Waals surface area contributed by atoms with E-state index in [0.29, 0.717) is 41.1 Å². The van der Waals surface area contributed by atoms with E-state index in [2.05, 4.69) is 15.0 Å². The van der Waals surface area contributed by atoms with Gasteiger partial charge in [0.2, 0.25) is 5.75 Å². The smallest absolute Gasteiger partial charge is 0.203 e. The summed E-state index contributed by atoms with van der Waals surface area (Å²) >= 11 is 0. The molecular weight excluding hydrogens is 526 g/mol. The van der Waals surface area contributed by atoms with E-state index in [1.165, 1.54) is 0 Å². The zero-order chi connectivity index (χ0) is 29.1. The van der Waals surface area contributed by atoms with Gasteiger partial charge >= 0.3 is 0 Å². The van der Waals surface area contributed by atoms with Gasteiger partial charge in [-0.1, -0.05) is 5.16 Å². The van der Waals surface area contributed by atoms with Crippen LogP contribution in [0.15, 0.2) is 47.6 Å². The van der Waals surface area contributed by atoms with Crippen molar-refractivity contribution in [3.63, 3.8) is 0 Å². The minimum atomic E-state index is 0.180. The highest BCUT2D eigenvalue weighted by Crippen LogP contribution is 2.46. The van der Waals surface area contributed by atoms with Gasteiger partial charge < -0.3 is 43.1 Å². The van der Waals surface area contributed by atoms with Gasteiger partial charge in [0.1, 0.15) is 24.7 Å². The van der Waals surface area contributed by atoms with E-state index in [-0.39, 0.29) is 6.61 Å². The molecule has 0 radical (unpaired) electrons. The van der Waals surface area contributed by atoms with Crippen LogP contribution in [0.4, 0.5) is 0 Å². The molecule has 4 aromatic rings. The summed E-state index contributed by atoms with van der Waals surface area (Å²) in [7, 11) is 12.0. The Morgan fingerprint density at radius 3 is 2.02 bits per heavy atom. The number of aromatic amines is 1. The Bertz CT molecular complexity index is 1570. The standard InChI is InChI=1S/C31H35N3O7/c1-34(2)10-11-40-19-8-9-23-22(14-19)28-29(32-23)20-15-24(35-3)25(36-4)16-21(20)30(28)33-41-17-18-12-26(37-5)31(39-7)27(13-18)38-6/h8-9,12-16,32H,10-11,17H2,1-7H3. The number of aromatic nitrogens is 1. The molecule has 3 aromatic carbocycles. The molecule has 10 nitrogen and oxygen atoms in total. The van der Waals surface area contributed by atoms with Crippen LogP contribution >= 0.6 is 0 Å². The van der Waals surface area contributed by atoms with Crippen LogP contribution < -0.4 is 28.4 Å². The van der Waals surface area contributed by atoms with Gasteiger partial charge in [-0.05, 0) is 62.1 Å². The Balaban J connectivity index is 1.56. The summed E-state index contributed by atoms with van der Waals surface area (Å²) in [6, 6.07) is 13.6. The van der Waals surface area contributed by atoms with E-state index in [9.17, 15) is 0 Å². The van der Waals surface area contributed by atoms with Crippen molar-refractivity contribution >= 4 is 16.6 Å². The van der Waals surface area contributed by atoms with Crippen LogP contribution in [-0.4, -0.2) is 78.4 Å². The Morgan fingerprint density at radius 1 is 0.756 bits per heavy atom. The van der Waals surface area contributed by atoms with E-state index in [0.717, 1.165) is 51.1 Å². The number of hydrogen-bond donors (Lipinski definition) is 1. The molecule has 0 bridgehead atoms. The number of rotatable bonds is 12. The second kappa shape index (κ2) is 11.9. The van der Waals surface area contributed by atoms with Crippen molar-refractivity contribution < 1.29 is 33.3 Å². The first kappa shape index (κ1) is 28.0. The zero-order valence-electron chi connectivity index (χ0n) is 24.4. The van der Waals surface area contributed by atoms with Crippen molar-refractivity contribution in [3.05, 3.63) is 59.2 Å². The summed E-state index contributed by atoms with van der Waals surface area (Å²) in [5.41, 5.74) is 6.12. The number of oxime groups is 1. The van der Waals surface area contributed by atoms with Gasteiger partial charge in [-0.2, -0.15) is 0 Å². The molecule has 1 aromatic heterocycles. The molecule has 0 saturated heterocycles. The van der Waals surface area contributed by atoms with E-state index in [1.807, 2.05) is 56.6 Å². The molecule has 1 N–H and O–H groups in total. The Labute approximate surface area is 239 Å². The fourth-order valence-corrected chi connectivity index (χ4v) is 4.96. The summed E-state index contributed by atoms with van der Waals surface area (Å²) < 4.78 is 33.7. The van der Waals surface area contributed by atoms with Crippen LogP contribution in [0.1, 0.15) is 16.7 Å². The van der Waals surface area contributed by atoms with Crippen molar-refractivity contribution in [3.8, 4) is 45.8 Å². The molecule has 10 heteroatoms. The lowest BCUT2D eigenvalue weighted by atomic mass is 10.1. The van der Waals surface area contributed by atoms with E-state index in [4.69, 9.17) is 33.3 Å². The number of benzene rings is 3. The average Bonchev–Trinajstić information content (AvgIpc) is 3.49. The third kappa shape index (κ3) is 5.30. The molecule has 0 atom stereocenters. The molecule has 0 fully saturated rings. The van der Waals surface area contributed by atoms with Crippen LogP contribution in [0.3, 0.4) is 0 Å². The monoisotopic (exact) mass is 561 g/mol. The highest BCUT2D eigenvalue weighted by atomic mass is 16.6. The third-order valence-electron chi connectivity index (χ3n) is 6.97. The summed E-state index contributed by atoms with van der Waals surface area (Å²) in [6.07, 6.45) is 0. The van der Waals surface area contributed by atoms with Crippen molar-refractivity contribution in [2.24, 2.45) is 5.16 Å². The van der Waals surface area contributed by atoms with Gasteiger partial charge in [-0.3, -0.25) is 0 Å². The van der Waals surface area contributed by atoms with E-state index in [1.54, 1.807) is 35.5 Å². The second-order valence-corrected chi connectivity index (χ2v) is 9.73. The summed E-state index contributed by atoms with van der Waals surface area (Å²) in [5, 5.41) is 5.64. The number of fused-ring (bicyclic) bond motifs is 5. The highest BCUT2D eigenvalue weighted by molar-refractivity contribution is 6.30. The fourth-order valence-electron chi connectivity index (χ4n) is 4.96. The van der Waals surface area contributed by atoms with Crippen LogP contribution in [0, 0.1) is 0 Å². The maximum Gasteiger partial charge on any atom is 0.203 e. The number of nitrogens with one attached hydrogen (secondary N) is 1. The lowest BCUT2D eigenvalue weighted by Crippen LogP contribution is -2.19. The van der Waals surface area contributed by atoms with Gasteiger partial charge in [-0.25, -0.2) is 0 Å². The molecule has 1 aliphatic rings. The van der Waals surface area contributed by atoms with Gasteiger partial charge in [0.25, 0.3) is 0 Å². The number of ether oxygens (including phenoxy) is 6. The highest BCUT2D eigenvalue weighted by Gasteiger charge is 2.32. The maximum atomic E-state index is 6.04. The molecule has 0 saturated carbocycles. The van der Waals surface area contributed by atoms with Crippen LogP contribution in [0.5, 0.6) is 34.5 Å². The number of methoxy groups -OCH3 is 5. The predicted octanol–water partition coefficient (Wildman–Crippen LogP) is 5.10. The number of likely N-dealkylation sites (N-methyl/N-ethyl adjacent to an activating group) is 1. The fraction of sp³-hybridized carbons (Fsp3) is 0.323. The van der Waals surface area contributed by atoms with Gasteiger partial charge in [0.05, 0.1) is 41.2 Å². The first-order valence-electron chi connectivity index (χ1n) is 13.1. The first-order valence-corrected chi connectivity index (χ1v) is 13.1. The molecule has 1 heterocycles. The Morgan fingerprint density at radius 2 is 1.41 bits per heavy atom. The van der Waals surface area contributed by atoms with Gasteiger partial charge in [0, 0.05) is 34.1 Å². The summed E-state index contributed by atoms with van der Waals surface area (Å²) in [4.78, 5) is 11.6. The third-order valence-corrected chi connectivity index (χ3v) is 6.97. The van der Waals surface area contributed by atoms with Crippen molar-refractivity contribution in [2.75, 3.05) is 62.8 Å². The second-order valence-electron chi connectivity index (χ2n) is 9.73. The predicted molar refractivity (Wildman–Crippen MR) is 157 cm³/mol.